The molecule has 1 rings (SSSR count). The van der Waals surface area contributed by atoms with Crippen LogP contribution in [0.5, 0.6) is 5.88 Å². The summed E-state index contributed by atoms with van der Waals surface area (Å²) < 4.78 is 38.4. The summed E-state index contributed by atoms with van der Waals surface area (Å²) in [6.45, 7) is 0. The third-order valence-electron chi connectivity index (χ3n) is 1.08. The lowest BCUT2D eigenvalue weighted by molar-refractivity contribution is -0.276. The van der Waals surface area contributed by atoms with Gasteiger partial charge in [0.15, 0.2) is 0 Å². The van der Waals surface area contributed by atoms with Crippen molar-refractivity contribution in [3.05, 3.63) is 27.5 Å². The molecule has 13 heavy (non-hydrogen) atoms. The van der Waals surface area contributed by atoms with Crippen LogP contribution < -0.4 is 10.2 Å². The number of hydrogen-bond acceptors (Lipinski definition) is 2. The minimum absolute atomic E-state index is 0.625. The molecule has 0 saturated carbocycles. The first kappa shape index (κ1) is 9.91. The summed E-state index contributed by atoms with van der Waals surface area (Å²) in [6.07, 6.45) is -3.86. The predicted molar refractivity (Wildman–Crippen MR) is 38.8 cm³/mol. The summed E-state index contributed by atoms with van der Waals surface area (Å²) >= 11 is 5.23. The molecule has 0 aromatic carbocycles. The van der Waals surface area contributed by atoms with E-state index in [-0.39, 0.29) is 0 Å². The van der Waals surface area contributed by atoms with Crippen LogP contribution in [0.2, 0.25) is 5.02 Å². The zero-order valence-electron chi connectivity index (χ0n) is 5.98. The molecule has 0 fully saturated rings. The van der Waals surface area contributed by atoms with E-state index in [0.29, 0.717) is 0 Å². The summed E-state index contributed by atoms with van der Waals surface area (Å²) in [5, 5.41) is -0.625. The molecule has 0 aliphatic carbocycles. The SMILES string of the molecule is O=c1cc[nH]c(OC(F)(F)F)c1Cl. The van der Waals surface area contributed by atoms with Crippen LogP contribution in [0.1, 0.15) is 0 Å². The molecule has 0 saturated heterocycles. The second-order valence-corrected chi connectivity index (χ2v) is 2.41. The van der Waals surface area contributed by atoms with Gasteiger partial charge < -0.3 is 9.72 Å². The third-order valence-corrected chi connectivity index (χ3v) is 1.44. The van der Waals surface area contributed by atoms with Crippen LogP contribution in [0.4, 0.5) is 13.2 Å². The van der Waals surface area contributed by atoms with Crippen LogP contribution in [0.3, 0.4) is 0 Å². The van der Waals surface area contributed by atoms with Gasteiger partial charge in [0.25, 0.3) is 0 Å². The molecule has 0 amide bonds. The van der Waals surface area contributed by atoms with E-state index in [1.54, 1.807) is 0 Å². The molecule has 0 aliphatic heterocycles. The van der Waals surface area contributed by atoms with Gasteiger partial charge in [0.05, 0.1) is 0 Å². The van der Waals surface area contributed by atoms with Crippen LogP contribution >= 0.6 is 11.6 Å². The standard InChI is InChI=1S/C6H3ClF3NO2/c7-4-3(12)1-2-11-5(4)13-6(8,9)10/h1-2H,(H,11,12). The molecule has 72 valence electrons. The van der Waals surface area contributed by atoms with E-state index in [0.717, 1.165) is 12.3 Å². The van der Waals surface area contributed by atoms with Gasteiger partial charge in [-0.05, 0) is 0 Å². The van der Waals surface area contributed by atoms with Gasteiger partial charge in [-0.2, -0.15) is 0 Å². The minimum atomic E-state index is -4.87. The highest BCUT2D eigenvalue weighted by molar-refractivity contribution is 6.31. The van der Waals surface area contributed by atoms with Crippen LogP contribution in [-0.4, -0.2) is 11.3 Å². The smallest absolute Gasteiger partial charge is 0.388 e. The summed E-state index contributed by atoms with van der Waals surface area (Å²) in [6, 6.07) is 0.992. The zero-order valence-corrected chi connectivity index (χ0v) is 6.74. The van der Waals surface area contributed by atoms with Gasteiger partial charge in [0.1, 0.15) is 5.02 Å². The van der Waals surface area contributed by atoms with E-state index in [4.69, 9.17) is 11.6 Å². The van der Waals surface area contributed by atoms with Gasteiger partial charge in [-0.1, -0.05) is 11.6 Å². The first-order valence-corrected chi connectivity index (χ1v) is 3.41. The predicted octanol–water partition coefficient (Wildman–Crippen LogP) is 1.93. The Balaban J connectivity index is 3.03. The third kappa shape index (κ3) is 2.66. The summed E-state index contributed by atoms with van der Waals surface area (Å²) in [5.41, 5.74) is -0.736. The number of ether oxygens (including phenoxy) is 1. The number of nitrogens with one attached hydrogen (secondary N) is 1. The molecule has 0 unspecified atom stereocenters. The maximum atomic E-state index is 11.7. The molecule has 7 heteroatoms. The number of halogens is 4. The van der Waals surface area contributed by atoms with Crippen molar-refractivity contribution in [3.63, 3.8) is 0 Å². The van der Waals surface area contributed by atoms with Crippen molar-refractivity contribution in [2.45, 2.75) is 6.36 Å². The molecule has 1 aromatic heterocycles. The first-order valence-electron chi connectivity index (χ1n) is 3.03. The molecule has 0 radical (unpaired) electrons. The Labute approximate surface area is 75.1 Å². The highest BCUT2D eigenvalue weighted by atomic mass is 35.5. The quantitative estimate of drug-likeness (QED) is 0.775. The monoisotopic (exact) mass is 213 g/mol. The molecular weight excluding hydrogens is 211 g/mol. The van der Waals surface area contributed by atoms with Gasteiger partial charge in [-0.25, -0.2) is 0 Å². The van der Waals surface area contributed by atoms with Crippen LogP contribution in [-0.2, 0) is 0 Å². The number of H-pyrrole nitrogens is 1. The number of alkyl halides is 3. The largest absolute Gasteiger partial charge is 0.574 e. The van der Waals surface area contributed by atoms with E-state index in [2.05, 4.69) is 9.72 Å². The average molecular weight is 214 g/mol. The molecule has 0 aliphatic rings. The lowest BCUT2D eigenvalue weighted by Gasteiger charge is -2.08. The van der Waals surface area contributed by atoms with E-state index in [1.807, 2.05) is 0 Å². The van der Waals surface area contributed by atoms with Gasteiger partial charge in [-0.3, -0.25) is 4.79 Å². The number of aromatic nitrogens is 1. The summed E-state index contributed by atoms with van der Waals surface area (Å²) in [5.74, 6) is -0.804. The van der Waals surface area contributed by atoms with Gasteiger partial charge >= 0.3 is 6.36 Å². The lowest BCUT2D eigenvalue weighted by Crippen LogP contribution is -2.19. The van der Waals surface area contributed by atoms with E-state index in [9.17, 15) is 18.0 Å². The normalized spacial score (nSPS) is 11.4. The number of pyridine rings is 1. The van der Waals surface area contributed by atoms with Gasteiger partial charge in [-0.15, -0.1) is 13.2 Å². The fourth-order valence-corrected chi connectivity index (χ4v) is 0.788. The molecule has 0 spiro atoms. The van der Waals surface area contributed by atoms with Crippen molar-refractivity contribution < 1.29 is 17.9 Å². The number of aromatic amines is 1. The zero-order chi connectivity index (χ0) is 10.1. The fraction of sp³-hybridized carbons (Fsp3) is 0.167. The molecule has 0 bridgehead atoms. The van der Waals surface area contributed by atoms with Crippen molar-refractivity contribution in [3.8, 4) is 5.88 Å². The Kier molecular flexibility index (Phi) is 2.51. The van der Waals surface area contributed by atoms with E-state index < -0.39 is 22.7 Å². The van der Waals surface area contributed by atoms with Gasteiger partial charge in [0, 0.05) is 12.3 Å². The highest BCUT2D eigenvalue weighted by Gasteiger charge is 2.32. The summed E-state index contributed by atoms with van der Waals surface area (Å²) in [7, 11) is 0. The lowest BCUT2D eigenvalue weighted by atomic mass is 10.5. The molecule has 1 heterocycles. The molecule has 3 nitrogen and oxygen atoms in total. The second kappa shape index (κ2) is 3.29. The first-order chi connectivity index (χ1) is 5.90. The topological polar surface area (TPSA) is 42.1 Å². The van der Waals surface area contributed by atoms with Crippen molar-refractivity contribution >= 4 is 11.6 Å². The summed E-state index contributed by atoms with van der Waals surface area (Å²) in [4.78, 5) is 12.8. The van der Waals surface area contributed by atoms with Gasteiger partial charge in [0.2, 0.25) is 11.3 Å². The van der Waals surface area contributed by atoms with E-state index in [1.165, 1.54) is 0 Å². The Morgan fingerprint density at radius 1 is 1.46 bits per heavy atom. The maximum absolute atomic E-state index is 11.7. The van der Waals surface area contributed by atoms with Crippen molar-refractivity contribution in [1.82, 2.24) is 4.98 Å². The Morgan fingerprint density at radius 3 is 2.62 bits per heavy atom. The molecule has 0 atom stereocenters. The second-order valence-electron chi connectivity index (χ2n) is 2.03. The van der Waals surface area contributed by atoms with Crippen molar-refractivity contribution in [1.29, 1.82) is 0 Å². The van der Waals surface area contributed by atoms with Crippen molar-refractivity contribution in [2.24, 2.45) is 0 Å². The van der Waals surface area contributed by atoms with Crippen molar-refractivity contribution in [2.75, 3.05) is 0 Å². The molecule has 1 N–H and O–H groups in total. The van der Waals surface area contributed by atoms with Crippen LogP contribution in [0.15, 0.2) is 17.1 Å². The number of rotatable bonds is 1. The van der Waals surface area contributed by atoms with E-state index >= 15 is 0 Å². The minimum Gasteiger partial charge on any atom is -0.388 e. The Morgan fingerprint density at radius 2 is 2.08 bits per heavy atom. The highest BCUT2D eigenvalue weighted by Crippen LogP contribution is 2.24. The molecular formula is C6H3ClF3NO2. The van der Waals surface area contributed by atoms with Crippen LogP contribution in [0, 0.1) is 0 Å². The molecule has 1 aromatic rings. The fourth-order valence-electron chi connectivity index (χ4n) is 0.631. The number of hydrogen-bond donors (Lipinski definition) is 1. The maximum Gasteiger partial charge on any atom is 0.574 e. The Bertz CT molecular complexity index is 360. The average Bonchev–Trinajstić information content (AvgIpc) is 1.96. The Hall–Kier alpha value is -1.17. The van der Waals surface area contributed by atoms with Crippen LogP contribution in [0.25, 0.3) is 0 Å².